The molecule has 0 N–H and O–H groups in total. The molecule has 0 saturated carbocycles. The molecule has 3 fully saturated rings. The molecule has 0 bridgehead atoms. The molecule has 152 valence electrons. The third-order valence-electron chi connectivity index (χ3n) is 6.00. The van der Waals surface area contributed by atoms with E-state index in [2.05, 4.69) is 0 Å². The summed E-state index contributed by atoms with van der Waals surface area (Å²) in [6, 6.07) is 7.49. The molecule has 4 rings (SSSR count). The van der Waals surface area contributed by atoms with Crippen molar-refractivity contribution in [3.05, 3.63) is 29.8 Å². The van der Waals surface area contributed by atoms with Gasteiger partial charge in [0, 0.05) is 44.3 Å². The Morgan fingerprint density at radius 1 is 1.04 bits per heavy atom. The quantitative estimate of drug-likeness (QED) is 0.781. The van der Waals surface area contributed by atoms with Gasteiger partial charge < -0.3 is 19.3 Å². The van der Waals surface area contributed by atoms with Crippen molar-refractivity contribution in [2.45, 2.75) is 44.6 Å². The number of nitrogens with zero attached hydrogens (tertiary/aromatic N) is 2. The lowest BCUT2D eigenvalue weighted by atomic mass is 9.98. The highest BCUT2D eigenvalue weighted by Gasteiger charge is 2.31. The number of carbonyl (C=O) groups is 2. The van der Waals surface area contributed by atoms with Crippen LogP contribution in [0.1, 0.15) is 48.9 Å². The molecule has 3 heterocycles. The molecule has 0 aromatic heterocycles. The van der Waals surface area contributed by atoms with E-state index in [1.54, 1.807) is 0 Å². The molecule has 1 aromatic carbocycles. The summed E-state index contributed by atoms with van der Waals surface area (Å²) in [5, 5.41) is 0. The molecule has 6 heteroatoms. The average molecular weight is 386 g/mol. The molecule has 28 heavy (non-hydrogen) atoms. The van der Waals surface area contributed by atoms with E-state index in [0.29, 0.717) is 24.7 Å². The standard InChI is InChI=1S/C22H30N2O4/c25-21(23-10-1-2-11-23)18-7-3-8-19(14-18)28-16-17-6-4-12-24(15-17)22(26)20-9-5-13-27-20/h3,7-8,14,17,20H,1-2,4-6,9-13,15-16H2/t17-,20-/m0/s1. The number of rotatable bonds is 5. The molecule has 2 amide bonds. The summed E-state index contributed by atoms with van der Waals surface area (Å²) in [6.07, 6.45) is 5.81. The smallest absolute Gasteiger partial charge is 0.253 e. The molecule has 0 radical (unpaired) electrons. The van der Waals surface area contributed by atoms with Gasteiger partial charge in [0.1, 0.15) is 11.9 Å². The number of ether oxygens (including phenoxy) is 2. The Labute approximate surface area is 166 Å². The first kappa shape index (κ1) is 19.2. The fourth-order valence-electron chi connectivity index (χ4n) is 4.41. The molecule has 0 aliphatic carbocycles. The van der Waals surface area contributed by atoms with Crippen molar-refractivity contribution in [3.63, 3.8) is 0 Å². The molecule has 0 unspecified atom stereocenters. The van der Waals surface area contributed by atoms with Crippen molar-refractivity contribution < 1.29 is 19.1 Å². The SMILES string of the molecule is O=C(c1cccc(OC[C@H]2CCCN(C(=O)[C@@H]3CCCO3)C2)c1)N1CCCC1. The zero-order chi connectivity index (χ0) is 19.3. The second-order valence-corrected chi connectivity index (χ2v) is 8.13. The van der Waals surface area contributed by atoms with Crippen molar-refractivity contribution in [2.75, 3.05) is 39.4 Å². The summed E-state index contributed by atoms with van der Waals surface area (Å²) in [4.78, 5) is 29.0. The number of piperidine rings is 1. The van der Waals surface area contributed by atoms with Gasteiger partial charge in [-0.1, -0.05) is 6.07 Å². The summed E-state index contributed by atoms with van der Waals surface area (Å²) >= 11 is 0. The number of likely N-dealkylation sites (tertiary alicyclic amines) is 2. The van der Waals surface area contributed by atoms with Crippen LogP contribution in [0.15, 0.2) is 24.3 Å². The predicted octanol–water partition coefficient (Wildman–Crippen LogP) is 2.72. The Kier molecular flexibility index (Phi) is 6.15. The second-order valence-electron chi connectivity index (χ2n) is 8.13. The highest BCUT2D eigenvalue weighted by molar-refractivity contribution is 5.94. The van der Waals surface area contributed by atoms with E-state index < -0.39 is 0 Å². The first-order chi connectivity index (χ1) is 13.7. The molecule has 3 aliphatic rings. The van der Waals surface area contributed by atoms with Gasteiger partial charge in [-0.2, -0.15) is 0 Å². The van der Waals surface area contributed by atoms with Crippen LogP contribution in [0, 0.1) is 5.92 Å². The largest absolute Gasteiger partial charge is 0.493 e. The van der Waals surface area contributed by atoms with Crippen molar-refractivity contribution in [3.8, 4) is 5.75 Å². The number of benzene rings is 1. The van der Waals surface area contributed by atoms with Crippen LogP contribution in [0.2, 0.25) is 0 Å². The van der Waals surface area contributed by atoms with Crippen LogP contribution in [-0.2, 0) is 9.53 Å². The van der Waals surface area contributed by atoms with E-state index in [9.17, 15) is 9.59 Å². The molecule has 2 atom stereocenters. The zero-order valence-electron chi connectivity index (χ0n) is 16.5. The van der Waals surface area contributed by atoms with Gasteiger partial charge in [0.15, 0.2) is 0 Å². The summed E-state index contributed by atoms with van der Waals surface area (Å²) < 4.78 is 11.6. The van der Waals surface area contributed by atoms with Crippen molar-refractivity contribution in [2.24, 2.45) is 5.92 Å². The minimum Gasteiger partial charge on any atom is -0.493 e. The van der Waals surface area contributed by atoms with E-state index in [0.717, 1.165) is 70.5 Å². The Hall–Kier alpha value is -2.08. The lowest BCUT2D eigenvalue weighted by molar-refractivity contribution is -0.143. The Bertz CT molecular complexity index is 696. The van der Waals surface area contributed by atoms with Crippen LogP contribution < -0.4 is 4.74 Å². The summed E-state index contributed by atoms with van der Waals surface area (Å²) in [5.41, 5.74) is 0.693. The van der Waals surface area contributed by atoms with Crippen LogP contribution in [0.4, 0.5) is 0 Å². The maximum absolute atomic E-state index is 12.6. The lowest BCUT2D eigenvalue weighted by Crippen LogP contribution is -2.45. The molecular weight excluding hydrogens is 356 g/mol. The highest BCUT2D eigenvalue weighted by Crippen LogP contribution is 2.23. The maximum atomic E-state index is 12.6. The summed E-state index contributed by atoms with van der Waals surface area (Å²) in [5.74, 6) is 1.28. The van der Waals surface area contributed by atoms with E-state index in [1.165, 1.54) is 0 Å². The Morgan fingerprint density at radius 2 is 1.86 bits per heavy atom. The van der Waals surface area contributed by atoms with E-state index in [-0.39, 0.29) is 17.9 Å². The summed E-state index contributed by atoms with van der Waals surface area (Å²) in [7, 11) is 0. The number of hydrogen-bond acceptors (Lipinski definition) is 4. The normalized spacial score (nSPS) is 25.1. The van der Waals surface area contributed by atoms with Gasteiger partial charge in [-0.25, -0.2) is 0 Å². The highest BCUT2D eigenvalue weighted by atomic mass is 16.5. The number of carbonyl (C=O) groups excluding carboxylic acids is 2. The Balaban J connectivity index is 1.30. The van der Waals surface area contributed by atoms with Gasteiger partial charge in [0.25, 0.3) is 11.8 Å². The molecule has 6 nitrogen and oxygen atoms in total. The van der Waals surface area contributed by atoms with Crippen LogP contribution in [0.5, 0.6) is 5.75 Å². The van der Waals surface area contributed by atoms with Crippen LogP contribution in [0.25, 0.3) is 0 Å². The van der Waals surface area contributed by atoms with Gasteiger partial charge in [0.05, 0.1) is 6.61 Å². The van der Waals surface area contributed by atoms with E-state index in [4.69, 9.17) is 9.47 Å². The third kappa shape index (κ3) is 4.49. The zero-order valence-corrected chi connectivity index (χ0v) is 16.5. The molecule has 3 saturated heterocycles. The van der Waals surface area contributed by atoms with Crippen LogP contribution in [-0.4, -0.2) is 67.1 Å². The topological polar surface area (TPSA) is 59.1 Å². The monoisotopic (exact) mass is 386 g/mol. The fourth-order valence-corrected chi connectivity index (χ4v) is 4.41. The molecule has 0 spiro atoms. The van der Waals surface area contributed by atoms with Gasteiger partial charge in [-0.15, -0.1) is 0 Å². The molecule has 3 aliphatic heterocycles. The van der Waals surface area contributed by atoms with Crippen LogP contribution >= 0.6 is 0 Å². The van der Waals surface area contributed by atoms with Crippen LogP contribution in [0.3, 0.4) is 0 Å². The lowest BCUT2D eigenvalue weighted by Gasteiger charge is -2.34. The van der Waals surface area contributed by atoms with Gasteiger partial charge in [0.2, 0.25) is 0 Å². The first-order valence-corrected chi connectivity index (χ1v) is 10.6. The van der Waals surface area contributed by atoms with E-state index >= 15 is 0 Å². The fraction of sp³-hybridized carbons (Fsp3) is 0.636. The maximum Gasteiger partial charge on any atom is 0.253 e. The van der Waals surface area contributed by atoms with Gasteiger partial charge in [-0.05, 0) is 56.7 Å². The van der Waals surface area contributed by atoms with E-state index in [1.807, 2.05) is 34.1 Å². The molecule has 1 aromatic rings. The van der Waals surface area contributed by atoms with Crippen molar-refractivity contribution in [1.29, 1.82) is 0 Å². The summed E-state index contributed by atoms with van der Waals surface area (Å²) in [6.45, 7) is 4.50. The number of amides is 2. The van der Waals surface area contributed by atoms with Crippen molar-refractivity contribution >= 4 is 11.8 Å². The number of hydrogen-bond donors (Lipinski definition) is 0. The average Bonchev–Trinajstić information content (AvgIpc) is 3.46. The second kappa shape index (κ2) is 8.95. The molecular formula is C22H30N2O4. The minimum absolute atomic E-state index is 0.0916. The predicted molar refractivity (Wildman–Crippen MR) is 105 cm³/mol. The first-order valence-electron chi connectivity index (χ1n) is 10.6. The minimum atomic E-state index is -0.243. The van der Waals surface area contributed by atoms with Gasteiger partial charge >= 0.3 is 0 Å². The van der Waals surface area contributed by atoms with Gasteiger partial charge in [-0.3, -0.25) is 9.59 Å². The third-order valence-corrected chi connectivity index (χ3v) is 6.00. The van der Waals surface area contributed by atoms with Crippen molar-refractivity contribution in [1.82, 2.24) is 9.80 Å². The Morgan fingerprint density at radius 3 is 2.64 bits per heavy atom.